The number of methoxy groups -OCH3 is 1. The lowest BCUT2D eigenvalue weighted by molar-refractivity contribution is 0.0954. The van der Waals surface area contributed by atoms with E-state index >= 15 is 0 Å². The number of nitrogens with one attached hydrogen (secondary N) is 2. The summed E-state index contributed by atoms with van der Waals surface area (Å²) >= 11 is 7.05. The van der Waals surface area contributed by atoms with Gasteiger partial charge in [-0.2, -0.15) is 0 Å². The standard InChI is InChI=1S/C22H23ClN2O4S2/c1-29-15-14-25-31(27,28)21-11-10-20(30-21)17-4-6-18(7-5-17)22(26)24-13-12-16-2-8-19(23)9-3-16/h2-11,25H,12-15H2,1H3,(H,24,26). The fraction of sp³-hybridized carbons (Fsp3) is 0.227. The van der Waals surface area contributed by atoms with Crippen molar-refractivity contribution in [3.8, 4) is 10.4 Å². The van der Waals surface area contributed by atoms with Crippen LogP contribution in [0.5, 0.6) is 0 Å². The lowest BCUT2D eigenvalue weighted by Gasteiger charge is -2.06. The number of rotatable bonds is 10. The minimum Gasteiger partial charge on any atom is -0.383 e. The highest BCUT2D eigenvalue weighted by Crippen LogP contribution is 2.30. The minimum absolute atomic E-state index is 0.155. The Balaban J connectivity index is 1.57. The SMILES string of the molecule is COCCNS(=O)(=O)c1ccc(-c2ccc(C(=O)NCCc3ccc(Cl)cc3)cc2)s1. The summed E-state index contributed by atoms with van der Waals surface area (Å²) in [4.78, 5) is 13.2. The number of hydrogen-bond donors (Lipinski definition) is 2. The van der Waals surface area contributed by atoms with Crippen molar-refractivity contribution in [3.63, 3.8) is 0 Å². The molecule has 3 aromatic rings. The maximum absolute atomic E-state index is 12.4. The van der Waals surface area contributed by atoms with Crippen molar-refractivity contribution >= 4 is 38.9 Å². The van der Waals surface area contributed by atoms with Crippen LogP contribution in [0.15, 0.2) is 64.9 Å². The number of halogens is 1. The van der Waals surface area contributed by atoms with Crippen LogP contribution in [0.25, 0.3) is 10.4 Å². The highest BCUT2D eigenvalue weighted by Gasteiger charge is 2.17. The summed E-state index contributed by atoms with van der Waals surface area (Å²) in [5.41, 5.74) is 2.49. The van der Waals surface area contributed by atoms with Crippen LogP contribution in [0.1, 0.15) is 15.9 Å². The van der Waals surface area contributed by atoms with Crippen LogP contribution in [0.4, 0.5) is 0 Å². The molecule has 1 amide bonds. The van der Waals surface area contributed by atoms with E-state index in [2.05, 4.69) is 10.0 Å². The van der Waals surface area contributed by atoms with E-state index in [0.717, 1.165) is 16.0 Å². The first kappa shape index (κ1) is 23.4. The average Bonchev–Trinajstić information content (AvgIpc) is 3.27. The summed E-state index contributed by atoms with van der Waals surface area (Å²) in [5, 5.41) is 3.59. The molecule has 2 N–H and O–H groups in total. The number of sulfonamides is 1. The summed E-state index contributed by atoms with van der Waals surface area (Å²) in [6.45, 7) is 1.04. The Kier molecular flexibility index (Phi) is 8.22. The first-order chi connectivity index (χ1) is 14.9. The molecule has 164 valence electrons. The third kappa shape index (κ3) is 6.62. The topological polar surface area (TPSA) is 84.5 Å². The quantitative estimate of drug-likeness (QED) is 0.432. The summed E-state index contributed by atoms with van der Waals surface area (Å²) in [7, 11) is -2.04. The van der Waals surface area contributed by atoms with E-state index in [1.54, 1.807) is 24.3 Å². The van der Waals surface area contributed by atoms with E-state index in [-0.39, 0.29) is 16.7 Å². The van der Waals surface area contributed by atoms with Gasteiger partial charge in [-0.05, 0) is 53.9 Å². The molecule has 0 aliphatic heterocycles. The van der Waals surface area contributed by atoms with Crippen molar-refractivity contribution in [2.24, 2.45) is 0 Å². The van der Waals surface area contributed by atoms with Crippen molar-refractivity contribution in [1.82, 2.24) is 10.0 Å². The molecule has 6 nitrogen and oxygen atoms in total. The van der Waals surface area contributed by atoms with E-state index in [1.807, 2.05) is 36.4 Å². The van der Waals surface area contributed by atoms with Crippen LogP contribution in [-0.4, -0.2) is 41.1 Å². The molecule has 0 fully saturated rings. The fourth-order valence-corrected chi connectivity index (χ4v) is 5.32. The van der Waals surface area contributed by atoms with Crippen LogP contribution >= 0.6 is 22.9 Å². The van der Waals surface area contributed by atoms with Gasteiger partial charge >= 0.3 is 0 Å². The fourth-order valence-electron chi connectivity index (χ4n) is 2.83. The van der Waals surface area contributed by atoms with Gasteiger partial charge in [0.15, 0.2) is 0 Å². The third-order valence-electron chi connectivity index (χ3n) is 4.49. The van der Waals surface area contributed by atoms with Crippen LogP contribution < -0.4 is 10.0 Å². The second-order valence-electron chi connectivity index (χ2n) is 6.72. The molecule has 0 aliphatic rings. The zero-order valence-corrected chi connectivity index (χ0v) is 19.3. The van der Waals surface area contributed by atoms with Gasteiger partial charge in [0.25, 0.3) is 5.91 Å². The van der Waals surface area contributed by atoms with Crippen molar-refractivity contribution in [2.75, 3.05) is 26.8 Å². The Labute approximate surface area is 191 Å². The average molecular weight is 479 g/mol. The molecule has 0 saturated carbocycles. The maximum Gasteiger partial charge on any atom is 0.251 e. The van der Waals surface area contributed by atoms with Crippen molar-refractivity contribution in [1.29, 1.82) is 0 Å². The molecule has 1 aromatic heterocycles. The van der Waals surface area contributed by atoms with Gasteiger partial charge in [-0.1, -0.05) is 35.9 Å². The smallest absolute Gasteiger partial charge is 0.251 e. The molecule has 3 rings (SSSR count). The first-order valence-electron chi connectivity index (χ1n) is 9.60. The van der Waals surface area contributed by atoms with Crippen LogP contribution in [0.3, 0.4) is 0 Å². The largest absolute Gasteiger partial charge is 0.383 e. The van der Waals surface area contributed by atoms with Gasteiger partial charge in [-0.25, -0.2) is 13.1 Å². The predicted molar refractivity (Wildman–Crippen MR) is 124 cm³/mol. The molecule has 0 saturated heterocycles. The molecule has 31 heavy (non-hydrogen) atoms. The van der Waals surface area contributed by atoms with E-state index in [0.29, 0.717) is 30.2 Å². The van der Waals surface area contributed by atoms with Crippen LogP contribution in [0, 0.1) is 0 Å². The van der Waals surface area contributed by atoms with Crippen molar-refractivity contribution in [3.05, 3.63) is 76.8 Å². The zero-order valence-electron chi connectivity index (χ0n) is 16.9. The van der Waals surface area contributed by atoms with E-state index in [9.17, 15) is 13.2 Å². The number of benzene rings is 2. The number of amides is 1. The third-order valence-corrected chi connectivity index (χ3v) is 7.83. The normalized spacial score (nSPS) is 11.4. The van der Waals surface area contributed by atoms with Gasteiger partial charge in [0.2, 0.25) is 10.0 Å². The lowest BCUT2D eigenvalue weighted by Crippen LogP contribution is -2.26. The lowest BCUT2D eigenvalue weighted by atomic mass is 10.1. The molecule has 0 unspecified atom stereocenters. The molecular formula is C22H23ClN2O4S2. The Morgan fingerprint density at radius 2 is 1.71 bits per heavy atom. The number of thiophene rings is 1. The maximum atomic E-state index is 12.4. The highest BCUT2D eigenvalue weighted by molar-refractivity contribution is 7.91. The van der Waals surface area contributed by atoms with Gasteiger partial charge in [-0.3, -0.25) is 4.79 Å². The van der Waals surface area contributed by atoms with Gasteiger partial charge < -0.3 is 10.1 Å². The molecule has 1 heterocycles. The molecule has 0 atom stereocenters. The predicted octanol–water partition coefficient (Wildman–Crippen LogP) is 3.97. The number of carbonyl (C=O) groups is 1. The highest BCUT2D eigenvalue weighted by atomic mass is 35.5. The second kappa shape index (κ2) is 10.9. The van der Waals surface area contributed by atoms with Crippen molar-refractivity contribution < 1.29 is 17.9 Å². The molecule has 0 aliphatic carbocycles. The van der Waals surface area contributed by atoms with Crippen LogP contribution in [-0.2, 0) is 21.2 Å². The Hall–Kier alpha value is -2.23. The number of carbonyl (C=O) groups excluding carboxylic acids is 1. The van der Waals surface area contributed by atoms with Gasteiger partial charge in [-0.15, -0.1) is 11.3 Å². The Morgan fingerprint density at radius 1 is 1.00 bits per heavy atom. The molecule has 9 heteroatoms. The second-order valence-corrected chi connectivity index (χ2v) is 10.2. The number of ether oxygens (including phenoxy) is 1. The molecule has 2 aromatic carbocycles. The summed E-state index contributed by atoms with van der Waals surface area (Å²) in [5.74, 6) is -0.155. The van der Waals surface area contributed by atoms with Gasteiger partial charge in [0, 0.05) is 35.7 Å². The molecular weight excluding hydrogens is 456 g/mol. The van der Waals surface area contributed by atoms with E-state index < -0.39 is 10.0 Å². The zero-order chi connectivity index (χ0) is 22.3. The Morgan fingerprint density at radius 3 is 2.39 bits per heavy atom. The van der Waals surface area contributed by atoms with E-state index in [1.165, 1.54) is 18.4 Å². The molecule has 0 radical (unpaired) electrons. The van der Waals surface area contributed by atoms with Crippen molar-refractivity contribution in [2.45, 2.75) is 10.6 Å². The van der Waals surface area contributed by atoms with Gasteiger partial charge in [0.1, 0.15) is 4.21 Å². The summed E-state index contributed by atoms with van der Waals surface area (Å²) in [6.07, 6.45) is 0.714. The molecule has 0 bridgehead atoms. The minimum atomic E-state index is -3.56. The van der Waals surface area contributed by atoms with E-state index in [4.69, 9.17) is 16.3 Å². The summed E-state index contributed by atoms with van der Waals surface area (Å²) in [6, 6.07) is 18.0. The van der Waals surface area contributed by atoms with Gasteiger partial charge in [0.05, 0.1) is 6.61 Å². The van der Waals surface area contributed by atoms with Crippen LogP contribution in [0.2, 0.25) is 5.02 Å². The Bertz CT molecular complexity index is 1110. The summed E-state index contributed by atoms with van der Waals surface area (Å²) < 4.78 is 32.2. The number of hydrogen-bond acceptors (Lipinski definition) is 5. The molecule has 0 spiro atoms. The first-order valence-corrected chi connectivity index (χ1v) is 12.3. The monoisotopic (exact) mass is 478 g/mol.